The molecule has 2 atom stereocenters. The summed E-state index contributed by atoms with van der Waals surface area (Å²) in [6, 6.07) is 13.9. The normalized spacial score (nSPS) is 19.4. The van der Waals surface area contributed by atoms with E-state index in [1.54, 1.807) is 14.2 Å². The number of para-hydroxylation sites is 1. The van der Waals surface area contributed by atoms with Crippen LogP contribution in [0.2, 0.25) is 0 Å². The molecule has 164 valence electrons. The van der Waals surface area contributed by atoms with Gasteiger partial charge in [0.25, 0.3) is 0 Å². The number of nitrogens with zero attached hydrogens (tertiary/aromatic N) is 3. The second kappa shape index (κ2) is 9.51. The van der Waals surface area contributed by atoms with Crippen molar-refractivity contribution in [3.05, 3.63) is 71.5 Å². The number of morpholine rings is 1. The van der Waals surface area contributed by atoms with Gasteiger partial charge in [0.05, 0.1) is 45.4 Å². The molecule has 0 bridgehead atoms. The molecular weight excluding hydrogens is 394 g/mol. The van der Waals surface area contributed by atoms with E-state index in [0.29, 0.717) is 24.7 Å². The molecule has 1 N–H and O–H groups in total. The van der Waals surface area contributed by atoms with Gasteiger partial charge in [0.2, 0.25) is 0 Å². The van der Waals surface area contributed by atoms with Crippen LogP contribution in [0.15, 0.2) is 54.9 Å². The van der Waals surface area contributed by atoms with E-state index >= 15 is 0 Å². The van der Waals surface area contributed by atoms with Gasteiger partial charge in [-0.1, -0.05) is 24.3 Å². The lowest BCUT2D eigenvalue weighted by Crippen LogP contribution is -2.46. The van der Waals surface area contributed by atoms with Gasteiger partial charge in [0.15, 0.2) is 11.5 Å². The number of benzene rings is 2. The fourth-order valence-electron chi connectivity index (χ4n) is 4.21. The Morgan fingerprint density at radius 3 is 2.68 bits per heavy atom. The molecule has 1 saturated heterocycles. The molecule has 1 aromatic heterocycles. The van der Waals surface area contributed by atoms with Crippen LogP contribution in [0.5, 0.6) is 11.5 Å². The zero-order valence-electron chi connectivity index (χ0n) is 18.2. The predicted molar refractivity (Wildman–Crippen MR) is 118 cm³/mol. The molecule has 7 heteroatoms. The lowest BCUT2D eigenvalue weighted by Gasteiger charge is -2.40. The number of hydrogen-bond donors (Lipinski definition) is 1. The molecule has 2 heterocycles. The van der Waals surface area contributed by atoms with Crippen molar-refractivity contribution in [1.29, 1.82) is 0 Å². The Kier molecular flexibility index (Phi) is 6.56. The van der Waals surface area contributed by atoms with Crippen LogP contribution in [0.3, 0.4) is 0 Å². The number of hydrogen-bond acceptors (Lipinski definition) is 6. The summed E-state index contributed by atoms with van der Waals surface area (Å²) < 4.78 is 18.7. The van der Waals surface area contributed by atoms with Crippen molar-refractivity contribution < 1.29 is 19.3 Å². The second-order valence-electron chi connectivity index (χ2n) is 7.70. The lowest BCUT2D eigenvalue weighted by atomic mass is 9.97. The Morgan fingerprint density at radius 2 is 1.94 bits per heavy atom. The Morgan fingerprint density at radius 1 is 1.13 bits per heavy atom. The smallest absolute Gasteiger partial charge is 0.161 e. The molecule has 0 aliphatic carbocycles. The van der Waals surface area contributed by atoms with Crippen molar-refractivity contribution in [2.45, 2.75) is 25.6 Å². The van der Waals surface area contributed by atoms with Crippen LogP contribution < -0.4 is 9.47 Å². The summed E-state index contributed by atoms with van der Waals surface area (Å²) in [5.74, 6) is 1.34. The van der Waals surface area contributed by atoms with E-state index in [0.717, 1.165) is 23.4 Å². The van der Waals surface area contributed by atoms with Crippen LogP contribution in [0, 0.1) is 6.92 Å². The standard InChI is InChI=1S/C24H29N3O4/c1-17-6-4-5-7-20(17)27-15-18(13-25-27)14-26-10-11-31-23(16-28)24(26)19-8-9-21(29-2)22(12-19)30-3/h4-9,12-13,15,23-24,28H,10-11,14,16H2,1-3H3/t23-,24-/m1/s1. The summed E-state index contributed by atoms with van der Waals surface area (Å²) in [6.07, 6.45) is 3.65. The highest BCUT2D eigenvalue weighted by Crippen LogP contribution is 2.36. The van der Waals surface area contributed by atoms with Gasteiger partial charge in [0, 0.05) is 24.8 Å². The largest absolute Gasteiger partial charge is 0.493 e. The highest BCUT2D eigenvalue weighted by Gasteiger charge is 2.34. The van der Waals surface area contributed by atoms with Crippen molar-refractivity contribution >= 4 is 0 Å². The minimum absolute atomic E-state index is 0.0576. The molecule has 1 aliphatic heterocycles. The Balaban J connectivity index is 1.61. The molecule has 31 heavy (non-hydrogen) atoms. The van der Waals surface area contributed by atoms with Crippen molar-refractivity contribution in [3.63, 3.8) is 0 Å². The highest BCUT2D eigenvalue weighted by atomic mass is 16.5. The number of rotatable bonds is 7. The SMILES string of the molecule is COc1ccc([C@@H]2[C@@H](CO)OCCN2Cc2cnn(-c3ccccc3C)c2)cc1OC. The molecule has 7 nitrogen and oxygen atoms in total. The van der Waals surface area contributed by atoms with Gasteiger partial charge in [-0.15, -0.1) is 0 Å². The predicted octanol–water partition coefficient (Wildman–Crippen LogP) is 3.13. The fourth-order valence-corrected chi connectivity index (χ4v) is 4.21. The maximum absolute atomic E-state index is 9.99. The van der Waals surface area contributed by atoms with E-state index in [1.165, 1.54) is 5.56 Å². The molecule has 1 aliphatic rings. The monoisotopic (exact) mass is 423 g/mol. The van der Waals surface area contributed by atoms with Crippen molar-refractivity contribution in [1.82, 2.24) is 14.7 Å². The first kappa shape index (κ1) is 21.4. The molecular formula is C24H29N3O4. The van der Waals surface area contributed by atoms with Crippen LogP contribution in [0.4, 0.5) is 0 Å². The first-order valence-electron chi connectivity index (χ1n) is 10.4. The number of methoxy groups -OCH3 is 2. The molecule has 0 unspecified atom stereocenters. The van der Waals surface area contributed by atoms with Crippen molar-refractivity contribution in [3.8, 4) is 17.2 Å². The number of aliphatic hydroxyl groups is 1. The van der Waals surface area contributed by atoms with Crippen LogP contribution in [-0.2, 0) is 11.3 Å². The molecule has 2 aromatic carbocycles. The van der Waals surface area contributed by atoms with Crippen LogP contribution in [0.25, 0.3) is 5.69 Å². The zero-order chi connectivity index (χ0) is 21.8. The van der Waals surface area contributed by atoms with Gasteiger partial charge in [0.1, 0.15) is 6.10 Å². The van der Waals surface area contributed by atoms with E-state index in [2.05, 4.69) is 35.3 Å². The van der Waals surface area contributed by atoms with Crippen molar-refractivity contribution in [2.75, 3.05) is 34.0 Å². The van der Waals surface area contributed by atoms with E-state index < -0.39 is 0 Å². The maximum Gasteiger partial charge on any atom is 0.161 e. The average molecular weight is 424 g/mol. The summed E-state index contributed by atoms with van der Waals surface area (Å²) in [5.41, 5.74) is 4.36. The molecule has 1 fully saturated rings. The van der Waals surface area contributed by atoms with Crippen LogP contribution >= 0.6 is 0 Å². The Bertz CT molecular complexity index is 1020. The van der Waals surface area contributed by atoms with Crippen molar-refractivity contribution in [2.24, 2.45) is 0 Å². The molecule has 0 radical (unpaired) electrons. The highest BCUT2D eigenvalue weighted by molar-refractivity contribution is 5.44. The number of aryl methyl sites for hydroxylation is 1. The van der Waals surface area contributed by atoms with Crippen LogP contribution in [0.1, 0.15) is 22.7 Å². The minimum atomic E-state index is -0.321. The summed E-state index contributed by atoms with van der Waals surface area (Å²) in [6.45, 7) is 4.05. The van der Waals surface area contributed by atoms with Gasteiger partial charge >= 0.3 is 0 Å². The summed E-state index contributed by atoms with van der Waals surface area (Å²) in [7, 11) is 3.25. The summed E-state index contributed by atoms with van der Waals surface area (Å²) in [5, 5.41) is 14.6. The summed E-state index contributed by atoms with van der Waals surface area (Å²) >= 11 is 0. The van der Waals surface area contributed by atoms with E-state index in [4.69, 9.17) is 14.2 Å². The first-order valence-corrected chi connectivity index (χ1v) is 10.4. The summed E-state index contributed by atoms with van der Waals surface area (Å²) in [4.78, 5) is 2.32. The number of ether oxygens (including phenoxy) is 3. The minimum Gasteiger partial charge on any atom is -0.493 e. The maximum atomic E-state index is 9.99. The fraction of sp³-hybridized carbons (Fsp3) is 0.375. The molecule has 0 amide bonds. The van der Waals surface area contributed by atoms with E-state index in [9.17, 15) is 5.11 Å². The average Bonchev–Trinajstić information content (AvgIpc) is 3.26. The lowest BCUT2D eigenvalue weighted by molar-refractivity contribution is -0.0961. The third kappa shape index (κ3) is 4.44. The molecule has 0 spiro atoms. The van der Waals surface area contributed by atoms with Gasteiger partial charge in [-0.25, -0.2) is 4.68 Å². The number of aromatic nitrogens is 2. The third-order valence-corrected chi connectivity index (χ3v) is 5.77. The third-order valence-electron chi connectivity index (χ3n) is 5.77. The quantitative estimate of drug-likeness (QED) is 0.630. The molecule has 4 rings (SSSR count). The van der Waals surface area contributed by atoms with Gasteiger partial charge in [-0.2, -0.15) is 5.10 Å². The Labute approximate surface area is 182 Å². The molecule has 0 saturated carbocycles. The number of aliphatic hydroxyl groups excluding tert-OH is 1. The van der Waals surface area contributed by atoms with Gasteiger partial charge in [-0.05, 0) is 36.2 Å². The second-order valence-corrected chi connectivity index (χ2v) is 7.70. The van der Waals surface area contributed by atoms with Crippen LogP contribution in [-0.4, -0.2) is 59.9 Å². The van der Waals surface area contributed by atoms with Gasteiger partial charge in [-0.3, -0.25) is 4.90 Å². The van der Waals surface area contributed by atoms with E-state index in [1.807, 2.05) is 41.2 Å². The molecule has 3 aromatic rings. The zero-order valence-corrected chi connectivity index (χ0v) is 18.2. The van der Waals surface area contributed by atoms with E-state index in [-0.39, 0.29) is 18.8 Å². The first-order chi connectivity index (χ1) is 15.1. The Hall–Kier alpha value is -2.87. The topological polar surface area (TPSA) is 69.0 Å². The van der Waals surface area contributed by atoms with Gasteiger partial charge < -0.3 is 19.3 Å².